The van der Waals surface area contributed by atoms with E-state index in [1.165, 1.54) is 19.3 Å². The van der Waals surface area contributed by atoms with Gasteiger partial charge in [0.25, 0.3) is 0 Å². The first kappa shape index (κ1) is 7.14. The number of hydrogen-bond acceptors (Lipinski definition) is 1. The van der Waals surface area contributed by atoms with E-state index in [-0.39, 0.29) is 0 Å². The molecule has 0 aromatic carbocycles. The van der Waals surface area contributed by atoms with Crippen LogP contribution in [0.1, 0.15) is 19.3 Å². The molecule has 1 amide bonds. The van der Waals surface area contributed by atoms with Crippen molar-refractivity contribution in [1.29, 1.82) is 0 Å². The maximum absolute atomic E-state index is 11.4. The van der Waals surface area contributed by atoms with Gasteiger partial charge in [-0.15, -0.1) is 0 Å². The van der Waals surface area contributed by atoms with Crippen LogP contribution in [-0.2, 0) is 4.79 Å². The van der Waals surface area contributed by atoms with Gasteiger partial charge in [-0.05, 0) is 31.1 Å². The Morgan fingerprint density at radius 1 is 1.36 bits per heavy atom. The molecule has 0 radical (unpaired) electrons. The third-order valence-corrected chi connectivity index (χ3v) is 2.83. The molecule has 2 aliphatic rings. The molecule has 0 spiro atoms. The molecule has 0 unspecified atom stereocenters. The van der Waals surface area contributed by atoms with Crippen molar-refractivity contribution >= 4 is 5.91 Å². The van der Waals surface area contributed by atoms with E-state index in [4.69, 9.17) is 0 Å². The molecule has 2 nitrogen and oxygen atoms in total. The quantitative estimate of drug-likeness (QED) is 0.582. The van der Waals surface area contributed by atoms with E-state index in [1.54, 1.807) is 4.90 Å². The fraction of sp³-hybridized carbons (Fsp3) is 0.889. The highest BCUT2D eigenvalue weighted by Gasteiger charge is 2.51. The first-order chi connectivity index (χ1) is 5.20. The third-order valence-electron chi connectivity index (χ3n) is 2.83. The van der Waals surface area contributed by atoms with Crippen LogP contribution >= 0.6 is 0 Å². The van der Waals surface area contributed by atoms with Crippen molar-refractivity contribution in [3.63, 3.8) is 0 Å². The molecule has 2 heteroatoms. The molecule has 0 bridgehead atoms. The van der Waals surface area contributed by atoms with Gasteiger partial charge in [-0.2, -0.15) is 0 Å². The topological polar surface area (TPSA) is 20.3 Å². The van der Waals surface area contributed by atoms with Crippen LogP contribution in [0.25, 0.3) is 0 Å². The second kappa shape index (κ2) is 2.23. The monoisotopic (exact) mass is 153 g/mol. The summed E-state index contributed by atoms with van der Waals surface area (Å²) in [5.74, 6) is 2.44. The van der Waals surface area contributed by atoms with Crippen LogP contribution < -0.4 is 0 Å². The van der Waals surface area contributed by atoms with E-state index in [0.717, 1.165) is 11.8 Å². The molecule has 2 fully saturated rings. The highest BCUT2D eigenvalue weighted by molar-refractivity contribution is 5.81. The summed E-state index contributed by atoms with van der Waals surface area (Å²) in [7, 11) is 3.70. The summed E-state index contributed by atoms with van der Waals surface area (Å²) < 4.78 is 0. The third kappa shape index (κ3) is 1.26. The summed E-state index contributed by atoms with van der Waals surface area (Å²) >= 11 is 0. The van der Waals surface area contributed by atoms with Crippen LogP contribution in [0.15, 0.2) is 0 Å². The molecule has 0 aliphatic heterocycles. The van der Waals surface area contributed by atoms with Gasteiger partial charge in [0.1, 0.15) is 0 Å². The van der Waals surface area contributed by atoms with E-state index < -0.39 is 0 Å². The zero-order valence-electron chi connectivity index (χ0n) is 7.21. The average Bonchev–Trinajstić information content (AvgIpc) is 2.79. The van der Waals surface area contributed by atoms with Gasteiger partial charge in [-0.3, -0.25) is 4.79 Å². The van der Waals surface area contributed by atoms with Gasteiger partial charge in [0.15, 0.2) is 0 Å². The number of nitrogens with zero attached hydrogens (tertiary/aromatic N) is 1. The average molecular weight is 153 g/mol. The standard InChI is InChI=1S/C9H15NO/c1-10(2)9(11)8-5-7(8)6-3-4-6/h6-8H,3-5H2,1-2H3/t7-,8+/m1/s1. The van der Waals surface area contributed by atoms with Crippen molar-refractivity contribution in [3.05, 3.63) is 0 Å². The molecule has 11 heavy (non-hydrogen) atoms. The fourth-order valence-electron chi connectivity index (χ4n) is 1.88. The Morgan fingerprint density at radius 2 is 2.00 bits per heavy atom. The molecule has 62 valence electrons. The van der Waals surface area contributed by atoms with Gasteiger partial charge in [-0.25, -0.2) is 0 Å². The Bertz CT molecular complexity index is 184. The lowest BCUT2D eigenvalue weighted by atomic mass is 10.2. The van der Waals surface area contributed by atoms with E-state index in [0.29, 0.717) is 11.8 Å². The normalized spacial score (nSPS) is 35.1. The van der Waals surface area contributed by atoms with Crippen molar-refractivity contribution in [2.24, 2.45) is 17.8 Å². The zero-order chi connectivity index (χ0) is 8.01. The lowest BCUT2D eigenvalue weighted by Crippen LogP contribution is -2.24. The minimum atomic E-state index is 0.349. The summed E-state index contributed by atoms with van der Waals surface area (Å²) in [5.41, 5.74) is 0. The summed E-state index contributed by atoms with van der Waals surface area (Å²) in [6.07, 6.45) is 3.92. The van der Waals surface area contributed by atoms with Gasteiger partial charge < -0.3 is 4.90 Å². The summed E-state index contributed by atoms with van der Waals surface area (Å²) in [6, 6.07) is 0. The highest BCUT2D eigenvalue weighted by atomic mass is 16.2. The van der Waals surface area contributed by atoms with E-state index in [2.05, 4.69) is 0 Å². The summed E-state index contributed by atoms with van der Waals surface area (Å²) in [5, 5.41) is 0. The largest absolute Gasteiger partial charge is 0.349 e. The summed E-state index contributed by atoms with van der Waals surface area (Å²) in [4.78, 5) is 13.1. The molecule has 0 aromatic heterocycles. The van der Waals surface area contributed by atoms with E-state index >= 15 is 0 Å². The molecular formula is C9H15NO. The first-order valence-electron chi connectivity index (χ1n) is 4.41. The van der Waals surface area contributed by atoms with Gasteiger partial charge in [0.2, 0.25) is 5.91 Å². The van der Waals surface area contributed by atoms with Gasteiger partial charge in [0.05, 0.1) is 0 Å². The van der Waals surface area contributed by atoms with Crippen LogP contribution in [0.2, 0.25) is 0 Å². The molecule has 0 aromatic rings. The fourth-order valence-corrected chi connectivity index (χ4v) is 1.88. The Balaban J connectivity index is 1.85. The Morgan fingerprint density at radius 3 is 2.45 bits per heavy atom. The van der Waals surface area contributed by atoms with Crippen molar-refractivity contribution in [3.8, 4) is 0 Å². The van der Waals surface area contributed by atoms with Crippen LogP contribution in [0.3, 0.4) is 0 Å². The van der Waals surface area contributed by atoms with E-state index in [1.807, 2.05) is 14.1 Å². The van der Waals surface area contributed by atoms with Gasteiger partial charge in [-0.1, -0.05) is 0 Å². The predicted octanol–water partition coefficient (Wildman–Crippen LogP) is 1.12. The molecule has 0 N–H and O–H groups in total. The summed E-state index contributed by atoms with van der Waals surface area (Å²) in [6.45, 7) is 0. The second-order valence-corrected chi connectivity index (χ2v) is 4.08. The van der Waals surface area contributed by atoms with Crippen molar-refractivity contribution < 1.29 is 4.79 Å². The van der Waals surface area contributed by atoms with E-state index in [9.17, 15) is 4.79 Å². The maximum Gasteiger partial charge on any atom is 0.225 e. The first-order valence-corrected chi connectivity index (χ1v) is 4.41. The number of amides is 1. The maximum atomic E-state index is 11.4. The van der Waals surface area contributed by atoms with Gasteiger partial charge >= 0.3 is 0 Å². The van der Waals surface area contributed by atoms with Crippen LogP contribution in [0.5, 0.6) is 0 Å². The molecule has 0 heterocycles. The number of rotatable bonds is 2. The Labute approximate surface area is 67.6 Å². The van der Waals surface area contributed by atoms with Crippen molar-refractivity contribution in [2.45, 2.75) is 19.3 Å². The molecular weight excluding hydrogens is 138 g/mol. The van der Waals surface area contributed by atoms with Crippen molar-refractivity contribution in [1.82, 2.24) is 4.90 Å². The minimum Gasteiger partial charge on any atom is -0.349 e. The highest BCUT2D eigenvalue weighted by Crippen LogP contribution is 2.54. The Kier molecular flexibility index (Phi) is 1.44. The lowest BCUT2D eigenvalue weighted by Gasteiger charge is -2.08. The van der Waals surface area contributed by atoms with Crippen LogP contribution in [0, 0.1) is 17.8 Å². The SMILES string of the molecule is CN(C)C(=O)[C@H]1C[C@@H]1C1CC1. The number of hydrogen-bond donors (Lipinski definition) is 0. The van der Waals surface area contributed by atoms with Gasteiger partial charge in [0, 0.05) is 20.0 Å². The van der Waals surface area contributed by atoms with Crippen LogP contribution in [-0.4, -0.2) is 24.9 Å². The molecule has 2 aliphatic carbocycles. The van der Waals surface area contributed by atoms with Crippen LogP contribution in [0.4, 0.5) is 0 Å². The molecule has 2 saturated carbocycles. The minimum absolute atomic E-state index is 0.349. The second-order valence-electron chi connectivity index (χ2n) is 4.08. The predicted molar refractivity (Wildman–Crippen MR) is 43.0 cm³/mol. The molecule has 2 atom stereocenters. The molecule has 0 saturated heterocycles. The Hall–Kier alpha value is -0.530. The number of carbonyl (C=O) groups is 1. The molecule has 2 rings (SSSR count). The lowest BCUT2D eigenvalue weighted by molar-refractivity contribution is -0.130. The smallest absolute Gasteiger partial charge is 0.225 e. The zero-order valence-corrected chi connectivity index (χ0v) is 7.21. The van der Waals surface area contributed by atoms with Crippen molar-refractivity contribution in [2.75, 3.05) is 14.1 Å². The number of carbonyl (C=O) groups excluding carboxylic acids is 1.